The molecule has 21 heavy (non-hydrogen) atoms. The number of carbonyl (C=O) groups excluding carboxylic acids is 1. The predicted octanol–water partition coefficient (Wildman–Crippen LogP) is 0.788. The van der Waals surface area contributed by atoms with Crippen LogP contribution in [0.3, 0.4) is 0 Å². The van der Waals surface area contributed by atoms with Crippen LogP contribution in [0.1, 0.15) is 27.2 Å². The number of ether oxygens (including phenoxy) is 1. The Morgan fingerprint density at radius 3 is 2.62 bits per heavy atom. The van der Waals surface area contributed by atoms with Crippen LogP contribution < -0.4 is 0 Å². The summed E-state index contributed by atoms with van der Waals surface area (Å²) in [5, 5.41) is 3.45. The van der Waals surface area contributed by atoms with Gasteiger partial charge in [0.25, 0.3) is 5.16 Å². The van der Waals surface area contributed by atoms with Crippen LogP contribution in [-0.2, 0) is 14.6 Å². The Hall–Kier alpha value is -1.48. The molecule has 1 aromatic heterocycles. The van der Waals surface area contributed by atoms with Crippen molar-refractivity contribution < 1.29 is 17.9 Å². The lowest BCUT2D eigenvalue weighted by Gasteiger charge is -2.21. The van der Waals surface area contributed by atoms with Crippen molar-refractivity contribution in [3.05, 3.63) is 6.33 Å². The molecule has 1 heterocycles. The van der Waals surface area contributed by atoms with Gasteiger partial charge >= 0.3 is 6.03 Å². The Labute approximate surface area is 125 Å². The number of rotatable bonds is 8. The summed E-state index contributed by atoms with van der Waals surface area (Å²) in [5.41, 5.74) is 0. The minimum Gasteiger partial charge on any atom is -0.380 e. The maximum Gasteiger partial charge on any atom is 0.346 e. The number of carbonyl (C=O) groups is 1. The molecule has 0 saturated heterocycles. The Bertz CT molecular complexity index is 555. The number of hydrogen-bond donors (Lipinski definition) is 0. The highest BCUT2D eigenvalue weighted by Gasteiger charge is 2.21. The molecule has 0 aliphatic carbocycles. The molecule has 0 fully saturated rings. The van der Waals surface area contributed by atoms with Crippen LogP contribution in [-0.4, -0.2) is 66.2 Å². The average Bonchev–Trinajstić information content (AvgIpc) is 2.96. The number of sulfone groups is 1. The number of nitrogens with zero attached hydrogens (tertiary/aromatic N) is 4. The second-order valence-corrected chi connectivity index (χ2v) is 6.51. The summed E-state index contributed by atoms with van der Waals surface area (Å²) in [6, 6.07) is -0.401. The number of hydrogen-bond acceptors (Lipinski definition) is 6. The smallest absolute Gasteiger partial charge is 0.346 e. The summed E-state index contributed by atoms with van der Waals surface area (Å²) < 4.78 is 29.5. The molecule has 0 aliphatic heterocycles. The van der Waals surface area contributed by atoms with Gasteiger partial charge in [-0.05, 0) is 13.3 Å². The second-order valence-electron chi connectivity index (χ2n) is 4.34. The molecule has 0 saturated carbocycles. The van der Waals surface area contributed by atoms with Gasteiger partial charge in [-0.15, -0.1) is 5.10 Å². The van der Waals surface area contributed by atoms with Gasteiger partial charge < -0.3 is 9.64 Å². The van der Waals surface area contributed by atoms with E-state index in [2.05, 4.69) is 10.1 Å². The van der Waals surface area contributed by atoms with Crippen molar-refractivity contribution in [3.8, 4) is 0 Å². The summed E-state index contributed by atoms with van der Waals surface area (Å²) in [7, 11) is -3.51. The predicted molar refractivity (Wildman–Crippen MR) is 76.9 cm³/mol. The van der Waals surface area contributed by atoms with Gasteiger partial charge in [-0.25, -0.2) is 18.2 Å². The molecule has 0 spiro atoms. The molecule has 1 aromatic rings. The summed E-state index contributed by atoms with van der Waals surface area (Å²) >= 11 is 0. The molecule has 1 rings (SSSR count). The summed E-state index contributed by atoms with van der Waals surface area (Å²) in [6.45, 7) is 7.31. The SMILES string of the molecule is CCCN(CCOCC)C(=O)n1cnc(S(=O)(=O)CC)n1. The highest BCUT2D eigenvalue weighted by atomic mass is 32.2. The number of amides is 1. The van der Waals surface area contributed by atoms with Gasteiger partial charge in [-0.2, -0.15) is 4.68 Å². The van der Waals surface area contributed by atoms with E-state index in [1.54, 1.807) is 4.90 Å². The van der Waals surface area contributed by atoms with Crippen molar-refractivity contribution >= 4 is 15.9 Å². The van der Waals surface area contributed by atoms with E-state index >= 15 is 0 Å². The largest absolute Gasteiger partial charge is 0.380 e. The zero-order valence-corrected chi connectivity index (χ0v) is 13.5. The van der Waals surface area contributed by atoms with Crippen LogP contribution in [0.25, 0.3) is 0 Å². The fourth-order valence-corrected chi connectivity index (χ4v) is 2.33. The fourth-order valence-electron chi connectivity index (χ4n) is 1.65. The van der Waals surface area contributed by atoms with E-state index in [1.165, 1.54) is 6.92 Å². The second kappa shape index (κ2) is 8.08. The van der Waals surface area contributed by atoms with Crippen molar-refractivity contribution in [2.24, 2.45) is 0 Å². The zero-order valence-electron chi connectivity index (χ0n) is 12.7. The standard InChI is InChI=1S/C12H22N4O4S/c1-4-7-15(8-9-20-5-2)12(17)16-10-13-11(14-16)21(18,19)6-3/h10H,4-9H2,1-3H3. The Balaban J connectivity index is 2.84. The van der Waals surface area contributed by atoms with Gasteiger partial charge in [0.2, 0.25) is 9.84 Å². The van der Waals surface area contributed by atoms with Gasteiger partial charge in [-0.3, -0.25) is 0 Å². The van der Waals surface area contributed by atoms with Crippen LogP contribution in [0, 0.1) is 0 Å². The van der Waals surface area contributed by atoms with E-state index in [-0.39, 0.29) is 10.9 Å². The van der Waals surface area contributed by atoms with Gasteiger partial charge in [0.1, 0.15) is 6.33 Å². The first-order valence-electron chi connectivity index (χ1n) is 6.97. The molecule has 120 valence electrons. The molecule has 0 aliphatic rings. The van der Waals surface area contributed by atoms with Crippen molar-refractivity contribution in [1.82, 2.24) is 19.7 Å². The monoisotopic (exact) mass is 318 g/mol. The minimum absolute atomic E-state index is 0.103. The van der Waals surface area contributed by atoms with E-state index in [1.807, 2.05) is 13.8 Å². The Morgan fingerprint density at radius 2 is 2.05 bits per heavy atom. The van der Waals surface area contributed by atoms with Crippen molar-refractivity contribution in [3.63, 3.8) is 0 Å². The third kappa shape index (κ3) is 4.78. The molecular formula is C12H22N4O4S. The molecule has 0 N–H and O–H groups in total. The molecule has 0 atom stereocenters. The summed E-state index contributed by atoms with van der Waals surface area (Å²) in [5.74, 6) is -0.103. The van der Waals surface area contributed by atoms with E-state index in [0.717, 1.165) is 17.4 Å². The average molecular weight is 318 g/mol. The van der Waals surface area contributed by atoms with Crippen LogP contribution in [0.5, 0.6) is 0 Å². The van der Waals surface area contributed by atoms with E-state index in [9.17, 15) is 13.2 Å². The molecule has 1 amide bonds. The Kier molecular flexibility index (Phi) is 6.76. The first-order chi connectivity index (χ1) is 9.96. The lowest BCUT2D eigenvalue weighted by atomic mass is 10.4. The van der Waals surface area contributed by atoms with E-state index in [4.69, 9.17) is 4.74 Å². The minimum atomic E-state index is -3.51. The topological polar surface area (TPSA) is 94.4 Å². The normalized spacial score (nSPS) is 11.6. The highest BCUT2D eigenvalue weighted by Crippen LogP contribution is 2.05. The zero-order chi connectivity index (χ0) is 15.9. The summed E-state index contributed by atoms with van der Waals surface area (Å²) in [4.78, 5) is 17.6. The van der Waals surface area contributed by atoms with E-state index in [0.29, 0.717) is 26.3 Å². The van der Waals surface area contributed by atoms with Gasteiger partial charge in [0, 0.05) is 19.7 Å². The lowest BCUT2D eigenvalue weighted by molar-refractivity contribution is 0.118. The molecule has 9 heteroatoms. The Morgan fingerprint density at radius 1 is 1.33 bits per heavy atom. The van der Waals surface area contributed by atoms with Crippen LogP contribution in [0.4, 0.5) is 4.79 Å². The highest BCUT2D eigenvalue weighted by molar-refractivity contribution is 7.91. The lowest BCUT2D eigenvalue weighted by Crippen LogP contribution is -2.38. The van der Waals surface area contributed by atoms with Crippen LogP contribution in [0.2, 0.25) is 0 Å². The first kappa shape index (κ1) is 17.6. The maximum absolute atomic E-state index is 12.3. The first-order valence-corrected chi connectivity index (χ1v) is 8.62. The fraction of sp³-hybridized carbons (Fsp3) is 0.750. The van der Waals surface area contributed by atoms with E-state index < -0.39 is 15.9 Å². The number of aromatic nitrogens is 3. The molecule has 8 nitrogen and oxygen atoms in total. The van der Waals surface area contributed by atoms with Crippen molar-refractivity contribution in [1.29, 1.82) is 0 Å². The van der Waals surface area contributed by atoms with Crippen molar-refractivity contribution in [2.45, 2.75) is 32.3 Å². The molecule has 0 bridgehead atoms. The van der Waals surface area contributed by atoms with Crippen LogP contribution in [0.15, 0.2) is 11.5 Å². The van der Waals surface area contributed by atoms with Gasteiger partial charge in [0.15, 0.2) is 0 Å². The quantitative estimate of drug-likeness (QED) is 0.658. The molecule has 0 aromatic carbocycles. The van der Waals surface area contributed by atoms with Gasteiger partial charge in [-0.1, -0.05) is 13.8 Å². The summed E-state index contributed by atoms with van der Waals surface area (Å²) in [6.07, 6.45) is 1.92. The van der Waals surface area contributed by atoms with Crippen molar-refractivity contribution in [2.75, 3.05) is 32.1 Å². The molecule has 0 unspecified atom stereocenters. The third-order valence-corrected chi connectivity index (χ3v) is 4.30. The van der Waals surface area contributed by atoms with Crippen LogP contribution >= 0.6 is 0 Å². The van der Waals surface area contributed by atoms with Gasteiger partial charge in [0.05, 0.1) is 12.4 Å². The maximum atomic E-state index is 12.3. The molecular weight excluding hydrogens is 296 g/mol. The molecule has 0 radical (unpaired) electrons. The third-order valence-electron chi connectivity index (χ3n) is 2.80.